The molecule has 0 aromatic carbocycles. The van der Waals surface area contributed by atoms with Crippen LogP contribution in [-0.4, -0.2) is 36.1 Å². The molecule has 1 aliphatic rings. The number of nitrogens with one attached hydrogen (secondary N) is 1. The summed E-state index contributed by atoms with van der Waals surface area (Å²) in [6.45, 7) is 8.79. The minimum Gasteiger partial charge on any atom is -0.356 e. The molecule has 0 saturated carbocycles. The van der Waals surface area contributed by atoms with E-state index in [1.165, 1.54) is 18.5 Å². The van der Waals surface area contributed by atoms with Gasteiger partial charge in [-0.15, -0.1) is 0 Å². The molecule has 1 N–H and O–H groups in total. The molecule has 4 heteroatoms. The van der Waals surface area contributed by atoms with Gasteiger partial charge in [0, 0.05) is 24.8 Å². The average molecular weight is 262 g/mol. The summed E-state index contributed by atoms with van der Waals surface area (Å²) in [4.78, 5) is 11.2. The zero-order valence-corrected chi connectivity index (χ0v) is 12.2. The summed E-state index contributed by atoms with van der Waals surface area (Å²) in [5.41, 5.74) is 1.17. The second kappa shape index (κ2) is 7.43. The minimum absolute atomic E-state index is 0.748. The predicted octanol–water partition coefficient (Wildman–Crippen LogP) is 2.25. The molecule has 0 spiro atoms. The highest BCUT2D eigenvalue weighted by Crippen LogP contribution is 2.21. The Labute approximate surface area is 116 Å². The highest BCUT2D eigenvalue weighted by atomic mass is 15.2. The molecule has 4 nitrogen and oxygen atoms in total. The van der Waals surface area contributed by atoms with Gasteiger partial charge < -0.3 is 10.2 Å². The summed E-state index contributed by atoms with van der Waals surface area (Å²) < 4.78 is 0. The standard InChI is InChI=1S/C15H26N4/c1-3-6-14-9-15(18-12-17-14)19-8-5-7-13(11-19)10-16-4-2/h9,12-13,16H,3-8,10-11H2,1-2H3. The number of aromatic nitrogens is 2. The van der Waals surface area contributed by atoms with Crippen LogP contribution in [0.5, 0.6) is 0 Å². The van der Waals surface area contributed by atoms with Gasteiger partial charge in [0.2, 0.25) is 0 Å². The number of nitrogens with zero attached hydrogens (tertiary/aromatic N) is 3. The molecule has 19 heavy (non-hydrogen) atoms. The molecular weight excluding hydrogens is 236 g/mol. The van der Waals surface area contributed by atoms with Gasteiger partial charge in [0.1, 0.15) is 12.1 Å². The topological polar surface area (TPSA) is 41.0 Å². The van der Waals surface area contributed by atoms with Crippen molar-refractivity contribution in [3.05, 3.63) is 18.1 Å². The lowest BCUT2D eigenvalue weighted by molar-refractivity contribution is 0.394. The normalized spacial score (nSPS) is 19.7. The quantitative estimate of drug-likeness (QED) is 0.854. The van der Waals surface area contributed by atoms with Gasteiger partial charge in [-0.1, -0.05) is 20.3 Å². The maximum atomic E-state index is 4.45. The summed E-state index contributed by atoms with van der Waals surface area (Å²) in [5, 5.41) is 3.46. The van der Waals surface area contributed by atoms with Crippen molar-refractivity contribution in [1.29, 1.82) is 0 Å². The van der Waals surface area contributed by atoms with Crippen molar-refractivity contribution in [3.8, 4) is 0 Å². The second-order valence-corrected chi connectivity index (χ2v) is 5.38. The zero-order chi connectivity index (χ0) is 13.5. The second-order valence-electron chi connectivity index (χ2n) is 5.38. The first kappa shape index (κ1) is 14.3. The summed E-state index contributed by atoms with van der Waals surface area (Å²) in [6.07, 6.45) is 6.50. The summed E-state index contributed by atoms with van der Waals surface area (Å²) in [6, 6.07) is 2.17. The maximum Gasteiger partial charge on any atom is 0.132 e. The number of rotatable bonds is 6. The van der Waals surface area contributed by atoms with Crippen LogP contribution >= 0.6 is 0 Å². The van der Waals surface area contributed by atoms with Crippen molar-refractivity contribution in [2.24, 2.45) is 5.92 Å². The highest BCUT2D eigenvalue weighted by Gasteiger charge is 2.20. The van der Waals surface area contributed by atoms with Gasteiger partial charge in [0.25, 0.3) is 0 Å². The molecule has 1 aromatic heterocycles. The Morgan fingerprint density at radius 3 is 3.05 bits per heavy atom. The van der Waals surface area contributed by atoms with E-state index in [2.05, 4.69) is 40.1 Å². The molecule has 0 bridgehead atoms. The van der Waals surface area contributed by atoms with Crippen molar-refractivity contribution in [3.63, 3.8) is 0 Å². The van der Waals surface area contributed by atoms with Crippen LogP contribution in [0.2, 0.25) is 0 Å². The first-order valence-corrected chi connectivity index (χ1v) is 7.60. The molecule has 2 heterocycles. The van der Waals surface area contributed by atoms with Crippen molar-refractivity contribution in [1.82, 2.24) is 15.3 Å². The van der Waals surface area contributed by atoms with Crippen LogP contribution < -0.4 is 10.2 Å². The Bertz CT molecular complexity index is 380. The molecule has 1 unspecified atom stereocenters. The fraction of sp³-hybridized carbons (Fsp3) is 0.733. The SMILES string of the molecule is CCCc1cc(N2CCCC(CNCC)C2)ncn1. The lowest BCUT2D eigenvalue weighted by Crippen LogP contribution is -2.40. The van der Waals surface area contributed by atoms with E-state index in [4.69, 9.17) is 0 Å². The van der Waals surface area contributed by atoms with Gasteiger partial charge in [-0.3, -0.25) is 0 Å². The van der Waals surface area contributed by atoms with Gasteiger partial charge in [-0.25, -0.2) is 9.97 Å². The Hall–Kier alpha value is -1.16. The molecular formula is C15H26N4. The Kier molecular flexibility index (Phi) is 5.58. The van der Waals surface area contributed by atoms with E-state index in [9.17, 15) is 0 Å². The molecule has 1 aromatic rings. The fourth-order valence-corrected chi connectivity index (χ4v) is 2.74. The predicted molar refractivity (Wildman–Crippen MR) is 79.5 cm³/mol. The lowest BCUT2D eigenvalue weighted by Gasteiger charge is -2.33. The van der Waals surface area contributed by atoms with Crippen LogP contribution in [-0.2, 0) is 6.42 Å². The molecule has 106 valence electrons. The van der Waals surface area contributed by atoms with Gasteiger partial charge in [0.15, 0.2) is 0 Å². The molecule has 1 saturated heterocycles. The average Bonchev–Trinajstić information content (AvgIpc) is 2.46. The van der Waals surface area contributed by atoms with Crippen LogP contribution in [0.25, 0.3) is 0 Å². The van der Waals surface area contributed by atoms with Crippen LogP contribution in [0.4, 0.5) is 5.82 Å². The number of piperidine rings is 1. The molecule has 0 aliphatic carbocycles. The summed E-state index contributed by atoms with van der Waals surface area (Å²) in [5.74, 6) is 1.86. The first-order chi connectivity index (χ1) is 9.33. The van der Waals surface area contributed by atoms with E-state index in [1.54, 1.807) is 6.33 Å². The third-order valence-corrected chi connectivity index (χ3v) is 3.74. The van der Waals surface area contributed by atoms with Gasteiger partial charge in [-0.05, 0) is 38.3 Å². The van der Waals surface area contributed by atoms with Crippen LogP contribution in [0.1, 0.15) is 38.8 Å². The molecule has 1 fully saturated rings. The highest BCUT2D eigenvalue weighted by molar-refractivity contribution is 5.39. The van der Waals surface area contributed by atoms with Crippen molar-refractivity contribution in [2.45, 2.75) is 39.5 Å². The first-order valence-electron chi connectivity index (χ1n) is 7.60. The van der Waals surface area contributed by atoms with Crippen molar-refractivity contribution < 1.29 is 0 Å². The van der Waals surface area contributed by atoms with E-state index < -0.39 is 0 Å². The van der Waals surface area contributed by atoms with E-state index >= 15 is 0 Å². The van der Waals surface area contributed by atoms with Crippen molar-refractivity contribution in [2.75, 3.05) is 31.1 Å². The fourth-order valence-electron chi connectivity index (χ4n) is 2.74. The van der Waals surface area contributed by atoms with Crippen LogP contribution in [0.3, 0.4) is 0 Å². The Morgan fingerprint density at radius 2 is 2.26 bits per heavy atom. The maximum absolute atomic E-state index is 4.45. The zero-order valence-electron chi connectivity index (χ0n) is 12.2. The van der Waals surface area contributed by atoms with E-state index in [0.29, 0.717) is 0 Å². The number of hydrogen-bond acceptors (Lipinski definition) is 4. The summed E-state index contributed by atoms with van der Waals surface area (Å²) >= 11 is 0. The van der Waals surface area contributed by atoms with Gasteiger partial charge in [0.05, 0.1) is 0 Å². The van der Waals surface area contributed by atoms with Gasteiger partial charge in [-0.2, -0.15) is 0 Å². The van der Waals surface area contributed by atoms with Crippen LogP contribution in [0.15, 0.2) is 12.4 Å². The largest absolute Gasteiger partial charge is 0.356 e. The number of hydrogen-bond donors (Lipinski definition) is 1. The Morgan fingerprint density at radius 1 is 1.37 bits per heavy atom. The molecule has 2 rings (SSSR count). The Balaban J connectivity index is 1.98. The third kappa shape index (κ3) is 4.16. The third-order valence-electron chi connectivity index (χ3n) is 3.74. The smallest absolute Gasteiger partial charge is 0.132 e. The molecule has 0 radical (unpaired) electrons. The van der Waals surface area contributed by atoms with Crippen LogP contribution in [0, 0.1) is 5.92 Å². The van der Waals surface area contributed by atoms with E-state index in [1.807, 2.05) is 0 Å². The minimum atomic E-state index is 0.748. The monoisotopic (exact) mass is 262 g/mol. The molecule has 1 atom stereocenters. The number of aryl methyl sites for hydroxylation is 1. The lowest BCUT2D eigenvalue weighted by atomic mass is 9.98. The molecule has 1 aliphatic heterocycles. The van der Waals surface area contributed by atoms with Gasteiger partial charge >= 0.3 is 0 Å². The molecule has 0 amide bonds. The van der Waals surface area contributed by atoms with E-state index in [-0.39, 0.29) is 0 Å². The van der Waals surface area contributed by atoms with E-state index in [0.717, 1.165) is 50.8 Å². The number of anilines is 1. The summed E-state index contributed by atoms with van der Waals surface area (Å²) in [7, 11) is 0. The van der Waals surface area contributed by atoms with Crippen molar-refractivity contribution >= 4 is 5.82 Å².